The van der Waals surface area contributed by atoms with Crippen molar-refractivity contribution in [1.82, 2.24) is 5.32 Å². The maximum atomic E-state index is 13.7. The van der Waals surface area contributed by atoms with E-state index in [1.165, 1.54) is 6.92 Å². The predicted molar refractivity (Wildman–Crippen MR) is 58.6 cm³/mol. The zero-order valence-corrected chi connectivity index (χ0v) is 10.6. The van der Waals surface area contributed by atoms with Crippen molar-refractivity contribution in [2.75, 3.05) is 6.54 Å². The predicted octanol–water partition coefficient (Wildman–Crippen LogP) is 3.60. The van der Waals surface area contributed by atoms with E-state index in [9.17, 15) is 17.6 Å². The Morgan fingerprint density at radius 3 is 2.00 bits per heavy atom. The minimum atomic E-state index is -1.39. The standard InChI is InChI=1S/C11H10BrF4N/c1-11(3-2-4-17-11)5-7(13)9(15)6(12)10(16)8(5)14/h17H,2-4H2,1H3. The molecule has 1 nitrogen and oxygen atoms in total. The number of benzene rings is 1. The fourth-order valence-corrected chi connectivity index (χ4v) is 2.55. The summed E-state index contributed by atoms with van der Waals surface area (Å²) < 4.78 is 53.5. The van der Waals surface area contributed by atoms with Gasteiger partial charge in [0.2, 0.25) is 0 Å². The molecule has 0 aromatic heterocycles. The molecule has 0 radical (unpaired) electrons. The molecule has 1 fully saturated rings. The van der Waals surface area contributed by atoms with Crippen LogP contribution in [-0.4, -0.2) is 6.54 Å². The summed E-state index contributed by atoms with van der Waals surface area (Å²) in [7, 11) is 0. The van der Waals surface area contributed by atoms with Gasteiger partial charge in [0.25, 0.3) is 0 Å². The molecule has 1 aromatic rings. The smallest absolute Gasteiger partial charge is 0.176 e. The first-order chi connectivity index (χ1) is 7.88. The molecule has 0 saturated carbocycles. The summed E-state index contributed by atoms with van der Waals surface area (Å²) >= 11 is 2.49. The average Bonchev–Trinajstić information content (AvgIpc) is 2.71. The lowest BCUT2D eigenvalue weighted by molar-refractivity contribution is 0.352. The second-order valence-corrected chi connectivity index (χ2v) is 5.10. The Kier molecular flexibility index (Phi) is 3.20. The second kappa shape index (κ2) is 4.24. The van der Waals surface area contributed by atoms with Crippen LogP contribution in [0, 0.1) is 23.3 Å². The van der Waals surface area contributed by atoms with Gasteiger partial charge >= 0.3 is 0 Å². The Morgan fingerprint density at radius 2 is 1.59 bits per heavy atom. The summed E-state index contributed by atoms with van der Waals surface area (Å²) in [4.78, 5) is 0. The Balaban J connectivity index is 2.69. The van der Waals surface area contributed by atoms with Gasteiger partial charge in [-0.15, -0.1) is 0 Å². The molecular formula is C11H10BrF4N. The zero-order valence-electron chi connectivity index (χ0n) is 9.01. The Bertz CT molecular complexity index is 440. The summed E-state index contributed by atoms with van der Waals surface area (Å²) in [6.07, 6.45) is 1.13. The van der Waals surface area contributed by atoms with E-state index in [0.717, 1.165) is 0 Å². The number of hydrogen-bond donors (Lipinski definition) is 1. The molecule has 0 aliphatic carbocycles. The summed E-state index contributed by atoms with van der Waals surface area (Å²) in [5.74, 6) is -5.47. The molecule has 0 spiro atoms. The largest absolute Gasteiger partial charge is 0.307 e. The van der Waals surface area contributed by atoms with E-state index in [1.54, 1.807) is 0 Å². The van der Waals surface area contributed by atoms with Crippen LogP contribution >= 0.6 is 15.9 Å². The van der Waals surface area contributed by atoms with Gasteiger partial charge < -0.3 is 5.32 Å². The SMILES string of the molecule is CC1(c2c(F)c(F)c(Br)c(F)c2F)CCCN1. The topological polar surface area (TPSA) is 12.0 Å². The molecule has 1 heterocycles. The van der Waals surface area contributed by atoms with E-state index in [2.05, 4.69) is 21.2 Å². The molecule has 17 heavy (non-hydrogen) atoms. The summed E-state index contributed by atoms with van der Waals surface area (Å²) in [6, 6.07) is 0. The number of halogens is 5. The number of hydrogen-bond acceptors (Lipinski definition) is 1. The van der Waals surface area contributed by atoms with Gasteiger partial charge in [0.1, 0.15) is 0 Å². The quantitative estimate of drug-likeness (QED) is 0.475. The number of nitrogens with one attached hydrogen (secondary N) is 1. The minimum Gasteiger partial charge on any atom is -0.307 e. The van der Waals surface area contributed by atoms with Crippen molar-refractivity contribution in [1.29, 1.82) is 0 Å². The van der Waals surface area contributed by atoms with Gasteiger partial charge in [-0.3, -0.25) is 0 Å². The molecule has 1 atom stereocenters. The molecular weight excluding hydrogens is 302 g/mol. The Labute approximate surface area is 104 Å². The van der Waals surface area contributed by atoms with Crippen LogP contribution in [0.4, 0.5) is 17.6 Å². The van der Waals surface area contributed by atoms with Crippen LogP contribution in [0.15, 0.2) is 4.47 Å². The van der Waals surface area contributed by atoms with E-state index in [0.29, 0.717) is 19.4 Å². The van der Waals surface area contributed by atoms with Crippen molar-refractivity contribution in [3.63, 3.8) is 0 Å². The molecule has 1 aliphatic heterocycles. The average molecular weight is 312 g/mol. The third kappa shape index (κ3) is 1.87. The molecule has 2 rings (SSSR count). The first kappa shape index (κ1) is 12.8. The molecule has 0 bridgehead atoms. The molecule has 1 N–H and O–H groups in total. The van der Waals surface area contributed by atoms with Crippen molar-refractivity contribution in [2.45, 2.75) is 25.3 Å². The third-order valence-corrected chi connectivity index (χ3v) is 3.83. The van der Waals surface area contributed by atoms with Crippen LogP contribution in [-0.2, 0) is 5.54 Å². The van der Waals surface area contributed by atoms with Gasteiger partial charge in [-0.05, 0) is 42.2 Å². The highest BCUT2D eigenvalue weighted by atomic mass is 79.9. The molecule has 1 aromatic carbocycles. The number of rotatable bonds is 1. The van der Waals surface area contributed by atoms with Crippen molar-refractivity contribution in [3.05, 3.63) is 33.3 Å². The summed E-state index contributed by atoms with van der Waals surface area (Å²) in [5, 5.41) is 2.88. The maximum Gasteiger partial charge on any atom is 0.176 e. The summed E-state index contributed by atoms with van der Waals surface area (Å²) in [5.41, 5.74) is -1.62. The normalized spacial score (nSPS) is 24.4. The van der Waals surface area contributed by atoms with Gasteiger partial charge in [0, 0.05) is 11.1 Å². The van der Waals surface area contributed by atoms with Crippen LogP contribution in [0.2, 0.25) is 0 Å². The fraction of sp³-hybridized carbons (Fsp3) is 0.455. The van der Waals surface area contributed by atoms with Crippen molar-refractivity contribution in [2.24, 2.45) is 0 Å². The van der Waals surface area contributed by atoms with Crippen LogP contribution in [0.3, 0.4) is 0 Å². The van der Waals surface area contributed by atoms with Gasteiger partial charge in [0.15, 0.2) is 23.3 Å². The lowest BCUT2D eigenvalue weighted by atomic mass is 9.89. The third-order valence-electron chi connectivity index (χ3n) is 3.13. The molecule has 6 heteroatoms. The van der Waals surface area contributed by atoms with E-state index >= 15 is 0 Å². The van der Waals surface area contributed by atoms with Gasteiger partial charge in [0.05, 0.1) is 4.47 Å². The summed E-state index contributed by atoms with van der Waals surface area (Å²) in [6.45, 7) is 2.10. The van der Waals surface area contributed by atoms with Crippen molar-refractivity contribution < 1.29 is 17.6 Å². The lowest BCUT2D eigenvalue weighted by Gasteiger charge is -2.26. The molecule has 0 amide bonds. The Morgan fingerprint density at radius 1 is 1.06 bits per heavy atom. The molecule has 1 aliphatic rings. The van der Waals surface area contributed by atoms with Crippen molar-refractivity contribution in [3.8, 4) is 0 Å². The van der Waals surface area contributed by atoms with Gasteiger partial charge in [-0.25, -0.2) is 17.6 Å². The molecule has 94 valence electrons. The van der Waals surface area contributed by atoms with E-state index in [1.807, 2.05) is 0 Å². The van der Waals surface area contributed by atoms with E-state index in [4.69, 9.17) is 0 Å². The zero-order chi connectivity index (χ0) is 12.8. The first-order valence-corrected chi connectivity index (χ1v) is 5.95. The highest BCUT2D eigenvalue weighted by Crippen LogP contribution is 2.38. The van der Waals surface area contributed by atoms with Crippen molar-refractivity contribution >= 4 is 15.9 Å². The fourth-order valence-electron chi connectivity index (χ4n) is 2.20. The maximum absolute atomic E-state index is 13.7. The molecule has 1 saturated heterocycles. The van der Waals surface area contributed by atoms with Crippen LogP contribution < -0.4 is 5.32 Å². The van der Waals surface area contributed by atoms with Crippen LogP contribution in [0.25, 0.3) is 0 Å². The molecule has 1 unspecified atom stereocenters. The van der Waals surface area contributed by atoms with Crippen LogP contribution in [0.1, 0.15) is 25.3 Å². The second-order valence-electron chi connectivity index (χ2n) is 4.31. The Hall–Kier alpha value is -0.620. The van der Waals surface area contributed by atoms with Gasteiger partial charge in [-0.1, -0.05) is 0 Å². The highest BCUT2D eigenvalue weighted by molar-refractivity contribution is 9.10. The minimum absolute atomic E-state index is 0.432. The lowest BCUT2D eigenvalue weighted by Crippen LogP contribution is -2.36. The van der Waals surface area contributed by atoms with E-state index < -0.39 is 38.8 Å². The first-order valence-electron chi connectivity index (χ1n) is 5.15. The van der Waals surface area contributed by atoms with Crippen LogP contribution in [0.5, 0.6) is 0 Å². The van der Waals surface area contributed by atoms with E-state index in [-0.39, 0.29) is 0 Å². The highest BCUT2D eigenvalue weighted by Gasteiger charge is 2.39. The van der Waals surface area contributed by atoms with Gasteiger partial charge in [-0.2, -0.15) is 0 Å². The monoisotopic (exact) mass is 311 g/mol.